The van der Waals surface area contributed by atoms with Crippen molar-refractivity contribution in [2.24, 2.45) is 0 Å². The summed E-state index contributed by atoms with van der Waals surface area (Å²) >= 11 is 11.9. The number of fused-ring (bicyclic) bond motifs is 1. The van der Waals surface area contributed by atoms with Crippen LogP contribution < -0.4 is 5.73 Å². The van der Waals surface area contributed by atoms with Crippen molar-refractivity contribution in [3.63, 3.8) is 0 Å². The Morgan fingerprint density at radius 2 is 2.00 bits per heavy atom. The van der Waals surface area contributed by atoms with Crippen LogP contribution in [0.15, 0.2) is 6.07 Å². The van der Waals surface area contributed by atoms with E-state index in [1.165, 1.54) is 0 Å². The summed E-state index contributed by atoms with van der Waals surface area (Å²) in [6, 6.07) is 1.85. The lowest BCUT2D eigenvalue weighted by atomic mass is 10.2. The second-order valence-electron chi connectivity index (χ2n) is 3.06. The van der Waals surface area contributed by atoms with E-state index in [9.17, 15) is 0 Å². The molecule has 4 nitrogen and oxygen atoms in total. The molecule has 0 spiro atoms. The molecule has 2 heterocycles. The smallest absolute Gasteiger partial charge is 0.172 e. The molecule has 0 aliphatic heterocycles. The van der Waals surface area contributed by atoms with Crippen molar-refractivity contribution >= 4 is 39.9 Å². The van der Waals surface area contributed by atoms with Gasteiger partial charge in [-0.3, -0.25) is 0 Å². The molecule has 2 aromatic rings. The number of aryl methyl sites for hydroxylation is 1. The Bertz CT molecular complexity index is 527. The number of nitrogens with two attached hydrogens (primary N) is 1. The second kappa shape index (κ2) is 3.79. The predicted molar refractivity (Wildman–Crippen MR) is 61.1 cm³/mol. The highest BCUT2D eigenvalue weighted by Crippen LogP contribution is 2.27. The Hall–Kier alpha value is -1.13. The molecule has 0 amide bonds. The Morgan fingerprint density at radius 1 is 1.27 bits per heavy atom. The molecule has 0 aromatic carbocycles. The monoisotopic (exact) mass is 242 g/mol. The summed E-state index contributed by atoms with van der Waals surface area (Å²) in [6.45, 7) is 1.99. The quantitative estimate of drug-likeness (QED) is 0.781. The number of nitrogens with zero attached hydrogens (tertiary/aromatic N) is 3. The minimum atomic E-state index is 0.235. The molecule has 0 bridgehead atoms. The number of hydrogen-bond donors (Lipinski definition) is 1. The van der Waals surface area contributed by atoms with Crippen molar-refractivity contribution in [1.29, 1.82) is 0 Å². The Morgan fingerprint density at radius 3 is 2.67 bits per heavy atom. The third-order valence-corrected chi connectivity index (χ3v) is 2.75. The minimum Gasteiger partial charge on any atom is -0.380 e. The van der Waals surface area contributed by atoms with Gasteiger partial charge >= 0.3 is 0 Å². The molecule has 0 atom stereocenters. The van der Waals surface area contributed by atoms with E-state index in [1.807, 2.05) is 13.0 Å². The van der Waals surface area contributed by atoms with Crippen LogP contribution in [-0.2, 0) is 6.42 Å². The number of nitrogen functional groups attached to an aromatic ring is 1. The van der Waals surface area contributed by atoms with Crippen LogP contribution in [0, 0.1) is 0 Å². The van der Waals surface area contributed by atoms with Gasteiger partial charge in [-0.25, -0.2) is 4.98 Å². The first-order valence-electron chi connectivity index (χ1n) is 4.40. The summed E-state index contributed by atoms with van der Waals surface area (Å²) in [6.07, 6.45) is 0.778. The fourth-order valence-corrected chi connectivity index (χ4v) is 1.79. The Kier molecular flexibility index (Phi) is 2.63. The first-order valence-corrected chi connectivity index (χ1v) is 5.16. The minimum absolute atomic E-state index is 0.235. The highest BCUT2D eigenvalue weighted by Gasteiger charge is 2.10. The van der Waals surface area contributed by atoms with Crippen molar-refractivity contribution in [2.75, 3.05) is 5.73 Å². The molecule has 15 heavy (non-hydrogen) atoms. The molecule has 78 valence electrons. The topological polar surface area (TPSA) is 64.7 Å². The average molecular weight is 243 g/mol. The Labute approximate surface area is 96.4 Å². The first kappa shape index (κ1) is 10.4. The van der Waals surface area contributed by atoms with Gasteiger partial charge in [0.25, 0.3) is 0 Å². The molecule has 0 unspecified atom stereocenters. The number of aromatic nitrogens is 3. The van der Waals surface area contributed by atoms with Crippen molar-refractivity contribution in [3.05, 3.63) is 21.9 Å². The lowest BCUT2D eigenvalue weighted by Crippen LogP contribution is -1.99. The molecule has 6 heteroatoms. The summed E-state index contributed by atoms with van der Waals surface area (Å²) in [5, 5.41) is 8.80. The molecule has 0 saturated heterocycles. The maximum absolute atomic E-state index is 5.97. The fourth-order valence-electron chi connectivity index (χ4n) is 1.33. The summed E-state index contributed by atoms with van der Waals surface area (Å²) in [7, 11) is 0. The van der Waals surface area contributed by atoms with Gasteiger partial charge in [-0.1, -0.05) is 30.1 Å². The lowest BCUT2D eigenvalue weighted by molar-refractivity contribution is 1.05. The SMILES string of the molecule is CCc1cc2c(Cl)nnc(N)c2nc1Cl. The van der Waals surface area contributed by atoms with Gasteiger partial charge in [0.15, 0.2) is 11.0 Å². The summed E-state index contributed by atoms with van der Waals surface area (Å²) < 4.78 is 0. The normalized spacial score (nSPS) is 10.9. The van der Waals surface area contributed by atoms with Crippen LogP contribution >= 0.6 is 23.2 Å². The maximum Gasteiger partial charge on any atom is 0.172 e. The lowest BCUT2D eigenvalue weighted by Gasteiger charge is -2.05. The van der Waals surface area contributed by atoms with E-state index in [0.29, 0.717) is 16.1 Å². The molecule has 0 radical (unpaired) electrons. The van der Waals surface area contributed by atoms with Gasteiger partial charge in [0.1, 0.15) is 10.7 Å². The van der Waals surface area contributed by atoms with Gasteiger partial charge in [0.05, 0.1) is 0 Å². The van der Waals surface area contributed by atoms with Crippen molar-refractivity contribution in [3.8, 4) is 0 Å². The van der Waals surface area contributed by atoms with Crippen LogP contribution in [0.3, 0.4) is 0 Å². The van der Waals surface area contributed by atoms with E-state index in [2.05, 4.69) is 15.2 Å². The molecule has 2 N–H and O–H groups in total. The molecule has 2 aromatic heterocycles. The fraction of sp³-hybridized carbons (Fsp3) is 0.222. The molecule has 0 aliphatic carbocycles. The number of hydrogen-bond acceptors (Lipinski definition) is 4. The van der Waals surface area contributed by atoms with Crippen LogP contribution in [0.5, 0.6) is 0 Å². The number of pyridine rings is 1. The van der Waals surface area contributed by atoms with E-state index in [4.69, 9.17) is 28.9 Å². The highest BCUT2D eigenvalue weighted by molar-refractivity contribution is 6.35. The number of anilines is 1. The van der Waals surface area contributed by atoms with E-state index in [-0.39, 0.29) is 11.0 Å². The van der Waals surface area contributed by atoms with Crippen LogP contribution in [0.4, 0.5) is 5.82 Å². The zero-order chi connectivity index (χ0) is 11.0. The number of halogens is 2. The van der Waals surface area contributed by atoms with E-state index >= 15 is 0 Å². The molecular weight excluding hydrogens is 235 g/mol. The summed E-state index contributed by atoms with van der Waals surface area (Å²) in [4.78, 5) is 4.16. The van der Waals surface area contributed by atoms with Crippen molar-refractivity contribution < 1.29 is 0 Å². The third kappa shape index (κ3) is 1.70. The second-order valence-corrected chi connectivity index (χ2v) is 3.78. The van der Waals surface area contributed by atoms with Gasteiger partial charge in [0.2, 0.25) is 0 Å². The zero-order valence-corrected chi connectivity index (χ0v) is 9.47. The highest BCUT2D eigenvalue weighted by atomic mass is 35.5. The largest absolute Gasteiger partial charge is 0.380 e. The standard InChI is InChI=1S/C9H8Cl2N4/c1-2-4-3-5-6(13-7(4)10)9(12)15-14-8(5)11/h3H,2H2,1H3,(H2,12,15). The molecule has 2 rings (SSSR count). The molecule has 0 fully saturated rings. The Balaban J connectivity index is 2.86. The predicted octanol–water partition coefficient (Wildman–Crippen LogP) is 2.48. The van der Waals surface area contributed by atoms with Gasteiger partial charge < -0.3 is 5.73 Å². The van der Waals surface area contributed by atoms with E-state index in [1.54, 1.807) is 0 Å². The third-order valence-electron chi connectivity index (χ3n) is 2.14. The average Bonchev–Trinajstić information content (AvgIpc) is 2.23. The van der Waals surface area contributed by atoms with Crippen LogP contribution in [0.25, 0.3) is 10.9 Å². The molecule has 0 aliphatic rings. The van der Waals surface area contributed by atoms with Crippen molar-refractivity contribution in [1.82, 2.24) is 15.2 Å². The van der Waals surface area contributed by atoms with Crippen LogP contribution in [0.2, 0.25) is 10.3 Å². The number of rotatable bonds is 1. The van der Waals surface area contributed by atoms with Gasteiger partial charge in [-0.15, -0.1) is 10.2 Å². The first-order chi connectivity index (χ1) is 7.13. The van der Waals surface area contributed by atoms with E-state index < -0.39 is 0 Å². The van der Waals surface area contributed by atoms with Gasteiger partial charge in [-0.05, 0) is 18.1 Å². The van der Waals surface area contributed by atoms with Crippen LogP contribution in [-0.4, -0.2) is 15.2 Å². The van der Waals surface area contributed by atoms with Gasteiger partial charge in [0, 0.05) is 5.39 Å². The van der Waals surface area contributed by atoms with Crippen LogP contribution in [0.1, 0.15) is 12.5 Å². The van der Waals surface area contributed by atoms with Gasteiger partial charge in [-0.2, -0.15) is 0 Å². The summed E-state index contributed by atoms with van der Waals surface area (Å²) in [5.41, 5.74) is 7.04. The van der Waals surface area contributed by atoms with E-state index in [0.717, 1.165) is 12.0 Å². The molecule has 0 saturated carbocycles. The van der Waals surface area contributed by atoms with Crippen molar-refractivity contribution in [2.45, 2.75) is 13.3 Å². The summed E-state index contributed by atoms with van der Waals surface area (Å²) in [5.74, 6) is 0.235. The zero-order valence-electron chi connectivity index (χ0n) is 7.96. The molecular formula is C9H8Cl2N4. The maximum atomic E-state index is 5.97.